The Morgan fingerprint density at radius 3 is 2.54 bits per heavy atom. The highest BCUT2D eigenvalue weighted by molar-refractivity contribution is 4.54. The highest BCUT2D eigenvalue weighted by Crippen LogP contribution is 2.08. The van der Waals surface area contributed by atoms with E-state index < -0.39 is 0 Å². The Kier molecular flexibility index (Phi) is 9.87. The minimum atomic E-state index is 0.762. The second-order valence-electron chi connectivity index (χ2n) is 3.71. The van der Waals surface area contributed by atoms with Crippen molar-refractivity contribution in [1.82, 2.24) is 16.4 Å². The van der Waals surface area contributed by atoms with Gasteiger partial charge in [0.05, 0.1) is 0 Å². The average molecular weight is 187 g/mol. The number of rotatable bonds is 9. The molecule has 0 heterocycles. The lowest BCUT2D eigenvalue weighted by Gasteiger charge is -2.12. The molecule has 0 rings (SSSR count). The molecule has 0 fully saturated rings. The van der Waals surface area contributed by atoms with Gasteiger partial charge >= 0.3 is 0 Å². The summed E-state index contributed by atoms with van der Waals surface area (Å²) >= 11 is 0. The van der Waals surface area contributed by atoms with Gasteiger partial charge in [-0.25, -0.2) is 10.9 Å². The van der Waals surface area contributed by atoms with Crippen LogP contribution in [-0.2, 0) is 0 Å². The molecule has 0 saturated carbocycles. The van der Waals surface area contributed by atoms with Crippen LogP contribution in [0.4, 0.5) is 0 Å². The van der Waals surface area contributed by atoms with E-state index in [1.165, 1.54) is 32.1 Å². The third-order valence-electron chi connectivity index (χ3n) is 2.21. The number of unbranched alkanes of at least 4 members (excludes halogenated alkanes) is 3. The molecule has 0 aliphatic heterocycles. The van der Waals surface area contributed by atoms with Crippen LogP contribution in [-0.4, -0.2) is 13.6 Å². The Bertz CT molecular complexity index is 96.2. The summed E-state index contributed by atoms with van der Waals surface area (Å²) in [5.41, 5.74) is 8.83. The highest BCUT2D eigenvalue weighted by Gasteiger charge is 2.00. The summed E-state index contributed by atoms with van der Waals surface area (Å²) in [5, 5.41) is 0. The molecule has 3 heteroatoms. The molecule has 0 bridgehead atoms. The number of hydrogen-bond donors (Lipinski definition) is 3. The quantitative estimate of drug-likeness (QED) is 0.381. The molecular formula is C10H25N3. The van der Waals surface area contributed by atoms with Crippen molar-refractivity contribution in [2.45, 2.75) is 46.0 Å². The molecule has 0 radical (unpaired) electrons. The van der Waals surface area contributed by atoms with E-state index in [1.54, 1.807) is 0 Å². The molecule has 0 aliphatic rings. The van der Waals surface area contributed by atoms with Crippen molar-refractivity contribution >= 4 is 0 Å². The fourth-order valence-corrected chi connectivity index (χ4v) is 1.34. The predicted octanol–water partition coefficient (Wildman–Crippen LogP) is 1.82. The van der Waals surface area contributed by atoms with E-state index in [9.17, 15) is 0 Å². The molecule has 0 spiro atoms. The summed E-state index contributed by atoms with van der Waals surface area (Å²) in [6.45, 7) is 5.57. The molecule has 3 N–H and O–H groups in total. The van der Waals surface area contributed by atoms with Crippen LogP contribution in [0.1, 0.15) is 46.0 Å². The fourth-order valence-electron chi connectivity index (χ4n) is 1.34. The number of hydrazine groups is 2. The fraction of sp³-hybridized carbons (Fsp3) is 1.00. The molecule has 0 amide bonds. The van der Waals surface area contributed by atoms with Gasteiger partial charge in [-0.2, -0.15) is 5.53 Å². The lowest BCUT2D eigenvalue weighted by molar-refractivity contribution is 0.390. The molecular weight excluding hydrogens is 162 g/mol. The van der Waals surface area contributed by atoms with Gasteiger partial charge in [-0.15, -0.1) is 0 Å². The normalized spacial score (nSPS) is 13.2. The first kappa shape index (κ1) is 12.9. The van der Waals surface area contributed by atoms with E-state index in [0.717, 1.165) is 12.5 Å². The molecule has 3 nitrogen and oxygen atoms in total. The molecule has 80 valence electrons. The van der Waals surface area contributed by atoms with Crippen LogP contribution in [0.25, 0.3) is 0 Å². The van der Waals surface area contributed by atoms with Crippen molar-refractivity contribution in [2.24, 2.45) is 5.92 Å². The van der Waals surface area contributed by atoms with E-state index in [4.69, 9.17) is 0 Å². The Hall–Kier alpha value is -0.120. The van der Waals surface area contributed by atoms with Crippen LogP contribution in [0.15, 0.2) is 0 Å². The monoisotopic (exact) mass is 187 g/mol. The maximum atomic E-state index is 3.11. The summed E-state index contributed by atoms with van der Waals surface area (Å²) < 4.78 is 0. The average Bonchev–Trinajstić information content (AvgIpc) is 2.13. The summed E-state index contributed by atoms with van der Waals surface area (Å²) in [4.78, 5) is 0. The zero-order chi connectivity index (χ0) is 9.94. The van der Waals surface area contributed by atoms with Crippen molar-refractivity contribution in [1.29, 1.82) is 0 Å². The smallest absolute Gasteiger partial charge is 0.0139 e. The Morgan fingerprint density at radius 2 is 1.92 bits per heavy atom. The van der Waals surface area contributed by atoms with E-state index in [2.05, 4.69) is 30.2 Å². The van der Waals surface area contributed by atoms with E-state index in [-0.39, 0.29) is 0 Å². The first-order valence-corrected chi connectivity index (χ1v) is 5.45. The largest absolute Gasteiger partial charge is 0.247 e. The van der Waals surface area contributed by atoms with Gasteiger partial charge in [-0.05, 0) is 19.4 Å². The van der Waals surface area contributed by atoms with E-state index >= 15 is 0 Å². The first-order valence-electron chi connectivity index (χ1n) is 5.45. The predicted molar refractivity (Wildman–Crippen MR) is 58.1 cm³/mol. The van der Waals surface area contributed by atoms with Gasteiger partial charge in [-0.3, -0.25) is 0 Å². The van der Waals surface area contributed by atoms with Gasteiger partial charge in [0, 0.05) is 6.54 Å². The highest BCUT2D eigenvalue weighted by atomic mass is 15.6. The minimum Gasteiger partial charge on any atom is -0.247 e. The molecule has 0 aromatic carbocycles. The zero-order valence-corrected chi connectivity index (χ0v) is 9.32. The van der Waals surface area contributed by atoms with Gasteiger partial charge in [0.1, 0.15) is 0 Å². The van der Waals surface area contributed by atoms with Crippen LogP contribution in [0.3, 0.4) is 0 Å². The second-order valence-corrected chi connectivity index (χ2v) is 3.71. The van der Waals surface area contributed by atoms with Crippen LogP contribution < -0.4 is 16.4 Å². The Labute approximate surface area is 82.6 Å². The van der Waals surface area contributed by atoms with Gasteiger partial charge in [0.2, 0.25) is 0 Å². The summed E-state index contributed by atoms with van der Waals surface area (Å²) in [6.07, 6.45) is 6.80. The van der Waals surface area contributed by atoms with Crippen molar-refractivity contribution in [2.75, 3.05) is 13.6 Å². The standard InChI is InChI=1S/C10H25N3/c1-4-5-6-7-8-10(2)9-12-13-11-3/h10-13H,4-9H2,1-3H3/t10-/m1/s1. The van der Waals surface area contributed by atoms with Crippen LogP contribution in [0.5, 0.6) is 0 Å². The van der Waals surface area contributed by atoms with Gasteiger partial charge in [-0.1, -0.05) is 39.5 Å². The lowest BCUT2D eigenvalue weighted by atomic mass is 10.0. The third kappa shape index (κ3) is 9.80. The molecule has 0 unspecified atom stereocenters. The molecule has 13 heavy (non-hydrogen) atoms. The summed E-state index contributed by atoms with van der Waals surface area (Å²) in [5.74, 6) is 0.762. The van der Waals surface area contributed by atoms with Crippen molar-refractivity contribution in [3.8, 4) is 0 Å². The van der Waals surface area contributed by atoms with Crippen molar-refractivity contribution in [3.63, 3.8) is 0 Å². The first-order chi connectivity index (χ1) is 6.31. The zero-order valence-electron chi connectivity index (χ0n) is 9.32. The SMILES string of the molecule is CCCCCC[C@@H](C)CNNNC. The van der Waals surface area contributed by atoms with Gasteiger partial charge in [0.15, 0.2) is 0 Å². The third-order valence-corrected chi connectivity index (χ3v) is 2.21. The van der Waals surface area contributed by atoms with E-state index in [1.807, 2.05) is 7.05 Å². The molecule has 0 aliphatic carbocycles. The molecule has 0 aromatic rings. The number of nitrogens with one attached hydrogen (secondary N) is 3. The Morgan fingerprint density at radius 1 is 1.15 bits per heavy atom. The maximum Gasteiger partial charge on any atom is 0.0139 e. The molecule has 0 aromatic heterocycles. The topological polar surface area (TPSA) is 36.1 Å². The maximum absolute atomic E-state index is 3.11. The number of hydrogen-bond acceptors (Lipinski definition) is 3. The van der Waals surface area contributed by atoms with Crippen LogP contribution in [0, 0.1) is 5.92 Å². The van der Waals surface area contributed by atoms with Crippen molar-refractivity contribution < 1.29 is 0 Å². The van der Waals surface area contributed by atoms with Crippen LogP contribution >= 0.6 is 0 Å². The second kappa shape index (κ2) is 9.96. The summed E-state index contributed by atoms with van der Waals surface area (Å²) in [7, 11) is 1.86. The Balaban J connectivity index is 3.05. The van der Waals surface area contributed by atoms with Crippen LogP contribution in [0.2, 0.25) is 0 Å². The van der Waals surface area contributed by atoms with Gasteiger partial charge in [0.25, 0.3) is 0 Å². The van der Waals surface area contributed by atoms with E-state index in [0.29, 0.717) is 0 Å². The lowest BCUT2D eigenvalue weighted by Crippen LogP contribution is -2.42. The molecule has 1 atom stereocenters. The minimum absolute atomic E-state index is 0.762. The summed E-state index contributed by atoms with van der Waals surface area (Å²) in [6, 6.07) is 0. The molecule has 0 saturated heterocycles. The van der Waals surface area contributed by atoms with Crippen molar-refractivity contribution in [3.05, 3.63) is 0 Å². The van der Waals surface area contributed by atoms with Gasteiger partial charge < -0.3 is 0 Å².